The second kappa shape index (κ2) is 9.55. The Hall–Kier alpha value is -2.28. The summed E-state index contributed by atoms with van der Waals surface area (Å²) < 4.78 is 53.2. The van der Waals surface area contributed by atoms with E-state index in [1.165, 1.54) is 23.5 Å². The van der Waals surface area contributed by atoms with Gasteiger partial charge in [-0.3, -0.25) is 9.59 Å². The summed E-state index contributed by atoms with van der Waals surface area (Å²) in [4.78, 5) is 26.7. The summed E-state index contributed by atoms with van der Waals surface area (Å²) in [6.45, 7) is 0.365. The number of sulfonamides is 1. The first kappa shape index (κ1) is 25.4. The molecule has 2 aromatic rings. The monoisotopic (exact) mass is 551 g/mol. The number of fused-ring (bicyclic) bond motifs is 1. The standard InChI is InChI=1S/C24H29N3O6S3/c1-35(30,31)18-4-2-3-17(12-18)26-23(29)16-9-10-20-19(11-16)21(36(32,33)25-13-14-5-6-14)24(34-20)27-22(28)15-7-8-15/h2-4,12,14-16,25H,5-11,13H2,1H3,(H,26,29)(H,27,28). The summed E-state index contributed by atoms with van der Waals surface area (Å²) in [5.41, 5.74) is 0.959. The Bertz CT molecular complexity index is 1420. The van der Waals surface area contributed by atoms with Crippen molar-refractivity contribution in [2.24, 2.45) is 17.8 Å². The van der Waals surface area contributed by atoms with Crippen LogP contribution in [0.5, 0.6) is 0 Å². The van der Waals surface area contributed by atoms with E-state index in [0.717, 1.165) is 36.8 Å². The highest BCUT2D eigenvalue weighted by molar-refractivity contribution is 7.90. The number of carbonyl (C=O) groups excluding carboxylic acids is 2. The van der Waals surface area contributed by atoms with Crippen LogP contribution in [-0.4, -0.2) is 41.5 Å². The molecule has 0 bridgehead atoms. The van der Waals surface area contributed by atoms with Gasteiger partial charge in [0.15, 0.2) is 9.84 Å². The molecule has 1 aromatic heterocycles. The summed E-state index contributed by atoms with van der Waals surface area (Å²) >= 11 is 1.29. The summed E-state index contributed by atoms with van der Waals surface area (Å²) in [5.74, 6) is -0.665. The molecule has 0 aliphatic heterocycles. The molecular formula is C24H29N3O6S3. The number of hydrogen-bond donors (Lipinski definition) is 3. The van der Waals surface area contributed by atoms with Crippen LogP contribution in [0.1, 0.15) is 42.5 Å². The van der Waals surface area contributed by atoms with Crippen LogP contribution in [0.3, 0.4) is 0 Å². The molecule has 5 rings (SSSR count). The zero-order chi connectivity index (χ0) is 25.7. The first-order chi connectivity index (χ1) is 17.0. The molecule has 194 valence electrons. The van der Waals surface area contributed by atoms with Crippen LogP contribution in [0.2, 0.25) is 0 Å². The van der Waals surface area contributed by atoms with Crippen molar-refractivity contribution in [2.75, 3.05) is 23.4 Å². The van der Waals surface area contributed by atoms with E-state index in [-0.39, 0.29) is 33.9 Å². The van der Waals surface area contributed by atoms with Gasteiger partial charge in [-0.25, -0.2) is 21.6 Å². The van der Waals surface area contributed by atoms with E-state index < -0.39 is 25.8 Å². The molecule has 12 heteroatoms. The van der Waals surface area contributed by atoms with E-state index in [2.05, 4.69) is 15.4 Å². The predicted octanol–water partition coefficient (Wildman–Crippen LogP) is 2.93. The highest BCUT2D eigenvalue weighted by atomic mass is 32.2. The molecule has 0 spiro atoms. The number of benzene rings is 1. The summed E-state index contributed by atoms with van der Waals surface area (Å²) in [6, 6.07) is 6.06. The molecule has 9 nitrogen and oxygen atoms in total. The van der Waals surface area contributed by atoms with Crippen LogP contribution in [0.4, 0.5) is 10.7 Å². The molecule has 1 heterocycles. The number of anilines is 2. The molecular weight excluding hydrogens is 522 g/mol. The van der Waals surface area contributed by atoms with Crippen LogP contribution in [0.25, 0.3) is 0 Å². The Balaban J connectivity index is 1.39. The lowest BCUT2D eigenvalue weighted by Gasteiger charge is -2.22. The lowest BCUT2D eigenvalue weighted by atomic mass is 9.87. The van der Waals surface area contributed by atoms with E-state index in [1.807, 2.05) is 0 Å². The second-order valence-corrected chi connectivity index (χ2v) is 14.8. The topological polar surface area (TPSA) is 139 Å². The normalized spacial score (nSPS) is 20.0. The van der Waals surface area contributed by atoms with E-state index in [1.54, 1.807) is 12.1 Å². The number of rotatable bonds is 9. The number of sulfone groups is 1. The van der Waals surface area contributed by atoms with Gasteiger partial charge in [-0.15, -0.1) is 11.3 Å². The molecule has 3 N–H and O–H groups in total. The van der Waals surface area contributed by atoms with Gasteiger partial charge in [-0.2, -0.15) is 0 Å². The van der Waals surface area contributed by atoms with Gasteiger partial charge in [0.1, 0.15) is 9.90 Å². The first-order valence-corrected chi connectivity index (χ1v) is 16.3. The van der Waals surface area contributed by atoms with Gasteiger partial charge in [0.25, 0.3) is 0 Å². The molecule has 0 saturated heterocycles. The van der Waals surface area contributed by atoms with E-state index in [0.29, 0.717) is 41.6 Å². The van der Waals surface area contributed by atoms with Crippen LogP contribution >= 0.6 is 11.3 Å². The van der Waals surface area contributed by atoms with E-state index in [9.17, 15) is 26.4 Å². The Labute approximate surface area is 215 Å². The smallest absolute Gasteiger partial charge is 0.243 e. The fraction of sp³-hybridized carbons (Fsp3) is 0.500. The van der Waals surface area contributed by atoms with Gasteiger partial charge >= 0.3 is 0 Å². The fourth-order valence-electron chi connectivity index (χ4n) is 4.38. The predicted molar refractivity (Wildman–Crippen MR) is 137 cm³/mol. The average molecular weight is 552 g/mol. The first-order valence-electron chi connectivity index (χ1n) is 12.1. The van der Waals surface area contributed by atoms with Crippen molar-refractivity contribution in [3.05, 3.63) is 34.7 Å². The van der Waals surface area contributed by atoms with Crippen LogP contribution < -0.4 is 15.4 Å². The molecule has 3 aliphatic carbocycles. The Morgan fingerprint density at radius 3 is 2.36 bits per heavy atom. The number of carbonyl (C=O) groups is 2. The summed E-state index contributed by atoms with van der Waals surface area (Å²) in [7, 11) is -7.30. The Morgan fingerprint density at radius 1 is 0.972 bits per heavy atom. The van der Waals surface area contributed by atoms with Crippen LogP contribution in [-0.2, 0) is 42.3 Å². The van der Waals surface area contributed by atoms with Gasteiger partial charge in [-0.05, 0) is 74.6 Å². The quantitative estimate of drug-likeness (QED) is 0.438. The molecule has 2 amide bonds. The number of aryl methyl sites for hydroxylation is 1. The third-order valence-corrected chi connectivity index (χ3v) is 10.8. The van der Waals surface area contributed by atoms with Crippen molar-refractivity contribution in [3.63, 3.8) is 0 Å². The van der Waals surface area contributed by atoms with Crippen molar-refractivity contribution in [2.45, 2.75) is 54.7 Å². The highest BCUT2D eigenvalue weighted by Crippen LogP contribution is 2.43. The molecule has 1 aromatic carbocycles. The minimum absolute atomic E-state index is 0.0691. The van der Waals surface area contributed by atoms with E-state index in [4.69, 9.17) is 0 Å². The molecule has 3 aliphatic rings. The minimum Gasteiger partial charge on any atom is -0.326 e. The summed E-state index contributed by atoms with van der Waals surface area (Å²) in [5, 5.41) is 5.97. The lowest BCUT2D eigenvalue weighted by Crippen LogP contribution is -2.31. The molecule has 1 unspecified atom stereocenters. The van der Waals surface area contributed by atoms with Crippen molar-refractivity contribution >= 4 is 53.7 Å². The molecule has 2 fully saturated rings. The zero-order valence-corrected chi connectivity index (χ0v) is 22.3. The number of nitrogens with one attached hydrogen (secondary N) is 3. The third kappa shape index (κ3) is 5.66. The van der Waals surface area contributed by atoms with Gasteiger partial charge in [-0.1, -0.05) is 6.07 Å². The average Bonchev–Trinajstić information content (AvgIpc) is 3.73. The SMILES string of the molecule is CS(=O)(=O)c1cccc(NC(=O)C2CCc3sc(NC(=O)C4CC4)c(S(=O)(=O)NCC4CC4)c3C2)c1. The second-order valence-electron chi connectivity index (χ2n) is 9.95. The number of thiophene rings is 1. The maximum Gasteiger partial charge on any atom is 0.243 e. The van der Waals surface area contributed by atoms with Crippen molar-refractivity contribution in [1.29, 1.82) is 0 Å². The van der Waals surface area contributed by atoms with E-state index >= 15 is 0 Å². The Kier molecular flexibility index (Phi) is 6.73. The van der Waals surface area contributed by atoms with Gasteiger partial charge in [0.05, 0.1) is 4.90 Å². The Morgan fingerprint density at radius 2 is 1.69 bits per heavy atom. The number of amides is 2. The lowest BCUT2D eigenvalue weighted by molar-refractivity contribution is -0.120. The van der Waals surface area contributed by atoms with Gasteiger partial charge in [0, 0.05) is 35.2 Å². The van der Waals surface area contributed by atoms with Crippen molar-refractivity contribution in [1.82, 2.24) is 4.72 Å². The third-order valence-electron chi connectivity index (χ3n) is 6.83. The van der Waals surface area contributed by atoms with Gasteiger partial charge < -0.3 is 10.6 Å². The molecule has 0 radical (unpaired) electrons. The van der Waals surface area contributed by atoms with Crippen LogP contribution in [0, 0.1) is 17.8 Å². The van der Waals surface area contributed by atoms with Crippen molar-refractivity contribution in [3.8, 4) is 0 Å². The molecule has 36 heavy (non-hydrogen) atoms. The maximum absolute atomic E-state index is 13.4. The maximum atomic E-state index is 13.4. The van der Waals surface area contributed by atoms with Crippen molar-refractivity contribution < 1.29 is 26.4 Å². The molecule has 1 atom stereocenters. The fourth-order valence-corrected chi connectivity index (χ4v) is 8.13. The van der Waals surface area contributed by atoms with Crippen LogP contribution in [0.15, 0.2) is 34.1 Å². The van der Waals surface area contributed by atoms with Gasteiger partial charge in [0.2, 0.25) is 21.8 Å². The summed E-state index contributed by atoms with van der Waals surface area (Å²) in [6.07, 6.45) is 5.98. The highest BCUT2D eigenvalue weighted by Gasteiger charge is 2.37. The largest absolute Gasteiger partial charge is 0.326 e. The zero-order valence-electron chi connectivity index (χ0n) is 19.9. The number of hydrogen-bond acceptors (Lipinski definition) is 7. The molecule has 2 saturated carbocycles. The minimum atomic E-state index is -3.88.